The maximum Gasteiger partial charge on any atom is 0.224 e. The molecule has 1 aliphatic rings. The molecule has 1 fully saturated rings. The highest BCUT2D eigenvalue weighted by Crippen LogP contribution is 2.31. The molecule has 0 saturated carbocycles. The Bertz CT molecular complexity index is 699. The van der Waals surface area contributed by atoms with Crippen molar-refractivity contribution in [2.75, 3.05) is 32.1 Å². The van der Waals surface area contributed by atoms with E-state index in [1.807, 2.05) is 35.8 Å². The summed E-state index contributed by atoms with van der Waals surface area (Å²) in [5, 5.41) is 7.84. The van der Waals surface area contributed by atoms with Crippen molar-refractivity contribution < 1.29 is 4.79 Å². The average molecular weight is 341 g/mol. The molecule has 134 valence electrons. The number of likely N-dealkylation sites (tertiary alicyclic amines) is 1. The van der Waals surface area contributed by atoms with Gasteiger partial charge in [0.15, 0.2) is 0 Å². The monoisotopic (exact) mass is 341 g/mol. The van der Waals surface area contributed by atoms with Gasteiger partial charge in [-0.1, -0.05) is 18.2 Å². The molecule has 25 heavy (non-hydrogen) atoms. The largest absolute Gasteiger partial charge is 0.375 e. The van der Waals surface area contributed by atoms with Crippen LogP contribution in [-0.4, -0.2) is 53.8 Å². The third-order valence-corrected chi connectivity index (χ3v) is 5.02. The lowest BCUT2D eigenvalue weighted by Gasteiger charge is -2.26. The van der Waals surface area contributed by atoms with Crippen LogP contribution in [0.5, 0.6) is 0 Å². The van der Waals surface area contributed by atoms with Crippen LogP contribution in [0.4, 0.5) is 5.69 Å². The molecule has 0 bridgehead atoms. The van der Waals surface area contributed by atoms with Crippen molar-refractivity contribution in [1.82, 2.24) is 20.0 Å². The first-order valence-electron chi connectivity index (χ1n) is 8.81. The van der Waals surface area contributed by atoms with E-state index in [0.717, 1.165) is 25.2 Å². The summed E-state index contributed by atoms with van der Waals surface area (Å²) in [5.74, 6) is 0.185. The Hall–Kier alpha value is -2.34. The van der Waals surface area contributed by atoms with Crippen molar-refractivity contribution in [1.29, 1.82) is 0 Å². The molecule has 1 amide bonds. The van der Waals surface area contributed by atoms with E-state index in [1.165, 1.54) is 5.69 Å². The number of hydrogen-bond donors (Lipinski definition) is 1. The number of amides is 1. The summed E-state index contributed by atoms with van der Waals surface area (Å²) in [5.41, 5.74) is 2.30. The van der Waals surface area contributed by atoms with Gasteiger partial charge < -0.3 is 15.1 Å². The smallest absolute Gasteiger partial charge is 0.224 e. The minimum atomic E-state index is 0.0480. The highest BCUT2D eigenvalue weighted by Gasteiger charge is 2.39. The maximum absolute atomic E-state index is 12.2. The Morgan fingerprint density at radius 2 is 2.00 bits per heavy atom. The molecular weight excluding hydrogens is 314 g/mol. The number of likely N-dealkylation sites (N-methyl/N-ethyl adjacent to an activating group) is 1. The minimum absolute atomic E-state index is 0.0480. The van der Waals surface area contributed by atoms with Crippen LogP contribution in [0.2, 0.25) is 0 Å². The number of nitrogens with one attached hydrogen (secondary N) is 1. The Balaban J connectivity index is 1.53. The topological polar surface area (TPSA) is 53.4 Å². The van der Waals surface area contributed by atoms with Gasteiger partial charge in [-0.3, -0.25) is 9.48 Å². The molecule has 0 unspecified atom stereocenters. The first-order chi connectivity index (χ1) is 12.1. The van der Waals surface area contributed by atoms with Gasteiger partial charge in [0.25, 0.3) is 0 Å². The van der Waals surface area contributed by atoms with Crippen molar-refractivity contribution in [3.8, 4) is 0 Å². The number of hydrogen-bond acceptors (Lipinski definition) is 4. The zero-order valence-corrected chi connectivity index (χ0v) is 15.2. The highest BCUT2D eigenvalue weighted by molar-refractivity contribution is 5.80. The van der Waals surface area contributed by atoms with E-state index in [-0.39, 0.29) is 18.0 Å². The van der Waals surface area contributed by atoms with E-state index in [1.54, 1.807) is 6.20 Å². The van der Waals surface area contributed by atoms with Gasteiger partial charge in [0.2, 0.25) is 5.91 Å². The second-order valence-corrected chi connectivity index (χ2v) is 6.70. The number of nitrogens with zero attached hydrogens (tertiary/aromatic N) is 4. The molecule has 1 saturated heterocycles. The van der Waals surface area contributed by atoms with Crippen LogP contribution in [0.25, 0.3) is 0 Å². The number of benzene rings is 1. The van der Waals surface area contributed by atoms with Gasteiger partial charge in [-0.05, 0) is 31.2 Å². The molecule has 6 heteroatoms. The minimum Gasteiger partial charge on any atom is -0.375 e. The summed E-state index contributed by atoms with van der Waals surface area (Å²) < 4.78 is 1.86. The molecule has 0 radical (unpaired) electrons. The Morgan fingerprint density at radius 3 is 2.68 bits per heavy atom. The molecule has 0 aliphatic carbocycles. The van der Waals surface area contributed by atoms with Gasteiger partial charge in [0.05, 0.1) is 11.7 Å². The first-order valence-corrected chi connectivity index (χ1v) is 8.81. The van der Waals surface area contributed by atoms with Crippen LogP contribution in [0.15, 0.2) is 42.6 Å². The van der Waals surface area contributed by atoms with Crippen LogP contribution in [0.3, 0.4) is 0 Å². The van der Waals surface area contributed by atoms with Crippen molar-refractivity contribution in [3.05, 3.63) is 48.3 Å². The fourth-order valence-electron chi connectivity index (χ4n) is 3.55. The first kappa shape index (κ1) is 17.5. The average Bonchev–Trinajstić information content (AvgIpc) is 3.15. The lowest BCUT2D eigenvalue weighted by Crippen LogP contribution is -2.37. The van der Waals surface area contributed by atoms with E-state index in [0.29, 0.717) is 6.42 Å². The van der Waals surface area contributed by atoms with Crippen LogP contribution in [0, 0.1) is 0 Å². The normalized spacial score (nSPS) is 20.3. The van der Waals surface area contributed by atoms with Crippen LogP contribution in [-0.2, 0) is 11.8 Å². The molecule has 1 N–H and O–H groups in total. The lowest BCUT2D eigenvalue weighted by atomic mass is 10.1. The number of para-hydroxylation sites is 1. The van der Waals surface area contributed by atoms with Crippen molar-refractivity contribution >= 4 is 11.6 Å². The summed E-state index contributed by atoms with van der Waals surface area (Å²) in [6.45, 7) is 1.86. The van der Waals surface area contributed by atoms with Gasteiger partial charge >= 0.3 is 0 Å². The van der Waals surface area contributed by atoms with E-state index < -0.39 is 0 Å². The van der Waals surface area contributed by atoms with Gasteiger partial charge in [-0.25, -0.2) is 0 Å². The number of anilines is 1. The molecule has 1 aromatic carbocycles. The zero-order valence-electron chi connectivity index (χ0n) is 15.2. The fourth-order valence-corrected chi connectivity index (χ4v) is 3.55. The summed E-state index contributed by atoms with van der Waals surface area (Å²) >= 11 is 0. The molecular formula is C19H27N5O. The molecule has 1 aliphatic heterocycles. The fraction of sp³-hybridized carbons (Fsp3) is 0.474. The third kappa shape index (κ3) is 3.85. The number of rotatable bonds is 7. The predicted octanol–water partition coefficient (Wildman–Crippen LogP) is 1.81. The second kappa shape index (κ2) is 7.70. The van der Waals surface area contributed by atoms with E-state index >= 15 is 0 Å². The Morgan fingerprint density at radius 1 is 1.24 bits per heavy atom. The summed E-state index contributed by atoms with van der Waals surface area (Å²) in [4.78, 5) is 16.3. The van der Waals surface area contributed by atoms with Crippen LogP contribution < -0.4 is 10.2 Å². The number of carbonyl (C=O) groups excluding carboxylic acids is 1. The molecule has 3 rings (SSSR count). The Labute approximate surface area is 149 Å². The molecule has 0 spiro atoms. The highest BCUT2D eigenvalue weighted by atomic mass is 16.2. The standard InChI is InChI=1S/C19H27N5O/c1-22(15-8-5-4-6-9-15)13-7-11-20-16-14-18(25)23(2)19(16)17-10-12-21-24(17)3/h4-6,8-10,12,16,19-20H,7,11,13-14H2,1-3H3/t16-,19-/m1/s1. The summed E-state index contributed by atoms with van der Waals surface area (Å²) in [7, 11) is 5.92. The quantitative estimate of drug-likeness (QED) is 0.781. The molecule has 2 atom stereocenters. The van der Waals surface area contributed by atoms with Gasteiger partial charge in [-0.15, -0.1) is 0 Å². The van der Waals surface area contributed by atoms with E-state index in [2.05, 4.69) is 46.6 Å². The molecule has 1 aromatic heterocycles. The van der Waals surface area contributed by atoms with Crippen molar-refractivity contribution in [3.63, 3.8) is 0 Å². The lowest BCUT2D eigenvalue weighted by molar-refractivity contribution is -0.127. The van der Waals surface area contributed by atoms with Crippen LogP contribution in [0.1, 0.15) is 24.6 Å². The molecule has 2 aromatic rings. The van der Waals surface area contributed by atoms with Gasteiger partial charge in [0.1, 0.15) is 0 Å². The summed E-state index contributed by atoms with van der Waals surface area (Å²) in [6.07, 6.45) is 3.36. The summed E-state index contributed by atoms with van der Waals surface area (Å²) in [6, 6.07) is 12.6. The maximum atomic E-state index is 12.2. The SMILES string of the molecule is CN(CCCN[C@@H]1CC(=O)N(C)[C@H]1c1ccnn1C)c1ccccc1. The number of aromatic nitrogens is 2. The van der Waals surface area contributed by atoms with Gasteiger partial charge in [-0.2, -0.15) is 5.10 Å². The molecule has 6 nitrogen and oxygen atoms in total. The Kier molecular flexibility index (Phi) is 5.38. The second-order valence-electron chi connectivity index (χ2n) is 6.70. The third-order valence-electron chi connectivity index (χ3n) is 5.02. The van der Waals surface area contributed by atoms with Crippen molar-refractivity contribution in [2.24, 2.45) is 7.05 Å². The molecule has 2 heterocycles. The van der Waals surface area contributed by atoms with Gasteiger partial charge in [0, 0.05) is 52.0 Å². The van der Waals surface area contributed by atoms with Crippen molar-refractivity contribution in [2.45, 2.75) is 24.9 Å². The van der Waals surface area contributed by atoms with E-state index in [4.69, 9.17) is 0 Å². The van der Waals surface area contributed by atoms with E-state index in [9.17, 15) is 4.79 Å². The number of carbonyl (C=O) groups is 1. The van der Waals surface area contributed by atoms with Crippen LogP contribution >= 0.6 is 0 Å². The zero-order chi connectivity index (χ0) is 17.8. The predicted molar refractivity (Wildman–Crippen MR) is 99.5 cm³/mol. The number of aryl methyl sites for hydroxylation is 1.